The van der Waals surface area contributed by atoms with Gasteiger partial charge in [0, 0.05) is 36.3 Å². The summed E-state index contributed by atoms with van der Waals surface area (Å²) in [6.45, 7) is 2.46. The van der Waals surface area contributed by atoms with E-state index in [1.54, 1.807) is 29.2 Å². The number of nitrogens with one attached hydrogen (secondary N) is 1. The highest BCUT2D eigenvalue weighted by molar-refractivity contribution is 9.10. The number of carbonyl (C=O) groups excluding carboxylic acids is 2. The average molecular weight is 450 g/mol. The number of hydrogen-bond acceptors (Lipinski definition) is 4. The standard InChI is InChI=1S/C20H21BrFN3O3/c21-15-4-6-18(7-5-15)28-14-20(27)25-10-8-24(9-11-25)13-19(26)23-17-3-1-2-16(22)12-17/h1-7,12H,8-11,13-14H2,(H,23,26). The highest BCUT2D eigenvalue weighted by atomic mass is 79.9. The van der Waals surface area contributed by atoms with E-state index in [1.807, 2.05) is 17.0 Å². The number of hydrogen-bond donors (Lipinski definition) is 1. The third kappa shape index (κ3) is 6.03. The number of rotatable bonds is 6. The Morgan fingerprint density at radius 2 is 1.79 bits per heavy atom. The average Bonchev–Trinajstić information content (AvgIpc) is 2.68. The van der Waals surface area contributed by atoms with Gasteiger partial charge >= 0.3 is 0 Å². The Hall–Kier alpha value is -2.45. The van der Waals surface area contributed by atoms with Crippen LogP contribution in [0.5, 0.6) is 5.75 Å². The van der Waals surface area contributed by atoms with Crippen molar-refractivity contribution >= 4 is 33.4 Å². The summed E-state index contributed by atoms with van der Waals surface area (Å²) in [6.07, 6.45) is 0. The molecule has 1 N–H and O–H groups in total. The van der Waals surface area contributed by atoms with E-state index in [0.29, 0.717) is 37.6 Å². The minimum atomic E-state index is -0.393. The zero-order valence-corrected chi connectivity index (χ0v) is 16.8. The first-order valence-corrected chi connectivity index (χ1v) is 9.73. The maximum absolute atomic E-state index is 13.2. The third-order valence-electron chi connectivity index (χ3n) is 4.38. The third-order valence-corrected chi connectivity index (χ3v) is 4.91. The van der Waals surface area contributed by atoms with Crippen molar-refractivity contribution in [1.82, 2.24) is 9.80 Å². The highest BCUT2D eigenvalue weighted by Gasteiger charge is 2.22. The summed E-state index contributed by atoms with van der Waals surface area (Å²) < 4.78 is 19.6. The molecule has 3 rings (SSSR count). The van der Waals surface area contributed by atoms with E-state index < -0.39 is 5.82 Å². The molecule has 6 nitrogen and oxygen atoms in total. The Bertz CT molecular complexity index is 824. The van der Waals surface area contributed by atoms with E-state index in [2.05, 4.69) is 21.2 Å². The molecule has 0 aliphatic carbocycles. The van der Waals surface area contributed by atoms with Crippen LogP contribution in [0.1, 0.15) is 0 Å². The number of halogens is 2. The highest BCUT2D eigenvalue weighted by Crippen LogP contribution is 2.16. The number of anilines is 1. The number of benzene rings is 2. The molecule has 1 aliphatic rings. The fraction of sp³-hybridized carbons (Fsp3) is 0.300. The normalized spacial score (nSPS) is 14.6. The molecule has 8 heteroatoms. The predicted molar refractivity (Wildman–Crippen MR) is 108 cm³/mol. The Kier molecular flexibility index (Phi) is 7.00. The van der Waals surface area contributed by atoms with Crippen LogP contribution in [0.25, 0.3) is 0 Å². The van der Waals surface area contributed by atoms with Crippen LogP contribution in [0.4, 0.5) is 10.1 Å². The smallest absolute Gasteiger partial charge is 0.260 e. The van der Waals surface area contributed by atoms with Gasteiger partial charge in [0.05, 0.1) is 6.54 Å². The molecule has 1 fully saturated rings. The van der Waals surface area contributed by atoms with Crippen molar-refractivity contribution in [2.45, 2.75) is 0 Å². The first-order chi connectivity index (χ1) is 13.5. The summed E-state index contributed by atoms with van der Waals surface area (Å²) in [5, 5.41) is 2.68. The van der Waals surface area contributed by atoms with Gasteiger partial charge in [0.2, 0.25) is 5.91 Å². The summed E-state index contributed by atoms with van der Waals surface area (Å²) in [5.41, 5.74) is 0.434. The minimum absolute atomic E-state index is 0.0122. The van der Waals surface area contributed by atoms with Crippen LogP contribution >= 0.6 is 15.9 Å². The summed E-state index contributed by atoms with van der Waals surface area (Å²) in [5.74, 6) is -0.0322. The molecule has 0 spiro atoms. The second-order valence-electron chi connectivity index (χ2n) is 6.46. The Morgan fingerprint density at radius 3 is 2.46 bits per heavy atom. The van der Waals surface area contributed by atoms with Crippen LogP contribution in [0.15, 0.2) is 53.0 Å². The van der Waals surface area contributed by atoms with Gasteiger partial charge < -0.3 is 15.0 Å². The molecule has 28 heavy (non-hydrogen) atoms. The van der Waals surface area contributed by atoms with Crippen molar-refractivity contribution in [3.05, 3.63) is 58.8 Å². The second-order valence-corrected chi connectivity index (χ2v) is 7.37. The summed E-state index contributed by atoms with van der Waals surface area (Å²) in [6, 6.07) is 13.1. The van der Waals surface area contributed by atoms with Crippen molar-refractivity contribution in [3.63, 3.8) is 0 Å². The molecule has 1 saturated heterocycles. The monoisotopic (exact) mass is 449 g/mol. The van der Waals surface area contributed by atoms with Gasteiger partial charge in [0.25, 0.3) is 5.91 Å². The number of ether oxygens (including phenoxy) is 1. The molecule has 2 aromatic rings. The molecule has 0 saturated carbocycles. The van der Waals surface area contributed by atoms with Crippen LogP contribution in [-0.2, 0) is 9.59 Å². The topological polar surface area (TPSA) is 61.9 Å². The van der Waals surface area contributed by atoms with Gasteiger partial charge in [0.15, 0.2) is 6.61 Å². The molecule has 0 aromatic heterocycles. The predicted octanol–water partition coefficient (Wildman–Crippen LogP) is 2.75. The number of amides is 2. The molecular weight excluding hydrogens is 429 g/mol. The molecule has 2 amide bonds. The fourth-order valence-electron chi connectivity index (χ4n) is 2.89. The van der Waals surface area contributed by atoms with Gasteiger partial charge in [-0.2, -0.15) is 0 Å². The maximum Gasteiger partial charge on any atom is 0.260 e. The van der Waals surface area contributed by atoms with E-state index in [0.717, 1.165) is 4.47 Å². The number of piperazine rings is 1. The molecular formula is C20H21BrFN3O3. The molecule has 0 bridgehead atoms. The summed E-state index contributed by atoms with van der Waals surface area (Å²) in [4.78, 5) is 28.1. The lowest BCUT2D eigenvalue weighted by Gasteiger charge is -2.34. The van der Waals surface area contributed by atoms with E-state index in [9.17, 15) is 14.0 Å². The first-order valence-electron chi connectivity index (χ1n) is 8.93. The Labute approximate surface area is 171 Å². The van der Waals surface area contributed by atoms with E-state index in [4.69, 9.17) is 4.74 Å². The van der Waals surface area contributed by atoms with Crippen molar-refractivity contribution in [2.24, 2.45) is 0 Å². The molecule has 0 radical (unpaired) electrons. The zero-order valence-electron chi connectivity index (χ0n) is 15.2. The van der Waals surface area contributed by atoms with E-state index in [1.165, 1.54) is 12.1 Å². The summed E-state index contributed by atoms with van der Waals surface area (Å²) in [7, 11) is 0. The van der Waals surface area contributed by atoms with E-state index >= 15 is 0 Å². The van der Waals surface area contributed by atoms with Crippen molar-refractivity contribution in [1.29, 1.82) is 0 Å². The SMILES string of the molecule is O=C(CN1CCN(C(=O)COc2ccc(Br)cc2)CC1)Nc1cccc(F)c1. The molecule has 1 heterocycles. The van der Waals surface area contributed by atoms with Crippen molar-refractivity contribution in [3.8, 4) is 5.75 Å². The maximum atomic E-state index is 13.2. The zero-order chi connectivity index (χ0) is 19.9. The quantitative estimate of drug-likeness (QED) is 0.736. The minimum Gasteiger partial charge on any atom is -0.484 e. The van der Waals surface area contributed by atoms with Crippen LogP contribution in [0, 0.1) is 5.82 Å². The molecule has 1 aliphatic heterocycles. The van der Waals surface area contributed by atoms with Crippen LogP contribution in [0.3, 0.4) is 0 Å². The van der Waals surface area contributed by atoms with Crippen molar-refractivity contribution in [2.75, 3.05) is 44.6 Å². The van der Waals surface area contributed by atoms with Gasteiger partial charge in [-0.15, -0.1) is 0 Å². The van der Waals surface area contributed by atoms with Gasteiger partial charge in [-0.1, -0.05) is 22.0 Å². The number of carbonyl (C=O) groups is 2. The van der Waals surface area contributed by atoms with Gasteiger partial charge in [-0.05, 0) is 42.5 Å². The van der Waals surface area contributed by atoms with Gasteiger partial charge in [-0.25, -0.2) is 4.39 Å². The van der Waals surface area contributed by atoms with E-state index in [-0.39, 0.29) is 25.0 Å². The Balaban J connectivity index is 1.39. The number of nitrogens with zero attached hydrogens (tertiary/aromatic N) is 2. The lowest BCUT2D eigenvalue weighted by atomic mass is 10.3. The van der Waals surface area contributed by atoms with Crippen molar-refractivity contribution < 1.29 is 18.7 Å². The lowest BCUT2D eigenvalue weighted by molar-refractivity contribution is -0.135. The Morgan fingerprint density at radius 1 is 1.07 bits per heavy atom. The molecule has 0 unspecified atom stereocenters. The lowest BCUT2D eigenvalue weighted by Crippen LogP contribution is -2.51. The van der Waals surface area contributed by atoms with Gasteiger partial charge in [0.1, 0.15) is 11.6 Å². The summed E-state index contributed by atoms with van der Waals surface area (Å²) >= 11 is 3.35. The second kappa shape index (κ2) is 9.66. The van der Waals surface area contributed by atoms with Crippen LogP contribution in [-0.4, -0.2) is 60.9 Å². The molecule has 0 atom stereocenters. The fourth-order valence-corrected chi connectivity index (χ4v) is 3.16. The first kappa shape index (κ1) is 20.3. The van der Waals surface area contributed by atoms with Crippen LogP contribution < -0.4 is 10.1 Å². The van der Waals surface area contributed by atoms with Crippen LogP contribution in [0.2, 0.25) is 0 Å². The van der Waals surface area contributed by atoms with Gasteiger partial charge in [-0.3, -0.25) is 14.5 Å². The largest absolute Gasteiger partial charge is 0.484 e. The molecule has 2 aromatic carbocycles. The molecule has 148 valence electrons.